The van der Waals surface area contributed by atoms with Crippen molar-refractivity contribution in [3.63, 3.8) is 0 Å². The highest BCUT2D eigenvalue weighted by atomic mass is 32.1. The minimum Gasteiger partial charge on any atom is -0.323 e. The number of nitrogens with one attached hydrogen (secondary N) is 1. The minimum atomic E-state index is 0.0693. The summed E-state index contributed by atoms with van der Waals surface area (Å²) in [5, 5.41) is 7.61. The Hall–Kier alpha value is -1.16. The molecule has 0 fully saturated rings. The van der Waals surface area contributed by atoms with Gasteiger partial charge in [-0.1, -0.05) is 30.3 Å². The van der Waals surface area contributed by atoms with Crippen LogP contribution in [0.25, 0.3) is 0 Å². The number of thiophene rings is 1. The van der Waals surface area contributed by atoms with Crippen molar-refractivity contribution in [2.24, 2.45) is 5.73 Å². The van der Waals surface area contributed by atoms with Crippen LogP contribution < -0.4 is 11.1 Å². The first-order valence-electron chi connectivity index (χ1n) is 5.38. The van der Waals surface area contributed by atoms with Crippen LogP contribution in [0.3, 0.4) is 0 Å². The molecule has 0 aliphatic rings. The van der Waals surface area contributed by atoms with Crippen molar-refractivity contribution in [3.05, 3.63) is 58.3 Å². The molecular weight excluding hydrogens is 216 g/mol. The van der Waals surface area contributed by atoms with Crippen molar-refractivity contribution >= 4 is 11.3 Å². The standard InChI is InChI=1S/C13H16N2S/c14-13(12-4-2-1-3-5-12)9-15-8-11-6-7-16-10-11/h1-7,10,13,15H,8-9,14H2. The number of benzene rings is 1. The molecule has 16 heavy (non-hydrogen) atoms. The summed E-state index contributed by atoms with van der Waals surface area (Å²) in [7, 11) is 0. The Morgan fingerprint density at radius 3 is 2.69 bits per heavy atom. The molecule has 0 saturated carbocycles. The van der Waals surface area contributed by atoms with E-state index >= 15 is 0 Å². The van der Waals surface area contributed by atoms with E-state index in [0.29, 0.717) is 0 Å². The molecule has 84 valence electrons. The number of hydrogen-bond donors (Lipinski definition) is 2. The van der Waals surface area contributed by atoms with Gasteiger partial charge in [0, 0.05) is 19.1 Å². The number of nitrogens with two attached hydrogens (primary N) is 1. The Balaban J connectivity index is 1.78. The Kier molecular flexibility index (Phi) is 4.10. The second kappa shape index (κ2) is 5.80. The van der Waals surface area contributed by atoms with Crippen molar-refractivity contribution < 1.29 is 0 Å². The van der Waals surface area contributed by atoms with Gasteiger partial charge in [0.15, 0.2) is 0 Å². The molecule has 0 radical (unpaired) electrons. The average molecular weight is 232 g/mol. The van der Waals surface area contributed by atoms with Crippen LogP contribution in [0.2, 0.25) is 0 Å². The van der Waals surface area contributed by atoms with Crippen molar-refractivity contribution in [2.75, 3.05) is 6.54 Å². The Labute approximate surface area is 100 Å². The molecule has 3 N–H and O–H groups in total. The van der Waals surface area contributed by atoms with Gasteiger partial charge in [0.05, 0.1) is 0 Å². The van der Waals surface area contributed by atoms with Crippen LogP contribution in [0.4, 0.5) is 0 Å². The molecular formula is C13H16N2S. The van der Waals surface area contributed by atoms with Crippen LogP contribution in [0.5, 0.6) is 0 Å². The monoisotopic (exact) mass is 232 g/mol. The van der Waals surface area contributed by atoms with Crippen molar-refractivity contribution in [3.8, 4) is 0 Å². The molecule has 0 bridgehead atoms. The van der Waals surface area contributed by atoms with Crippen molar-refractivity contribution in [2.45, 2.75) is 12.6 Å². The van der Waals surface area contributed by atoms with E-state index in [-0.39, 0.29) is 6.04 Å². The SMILES string of the molecule is NC(CNCc1ccsc1)c1ccccc1. The van der Waals surface area contributed by atoms with E-state index in [1.54, 1.807) is 11.3 Å². The van der Waals surface area contributed by atoms with Gasteiger partial charge >= 0.3 is 0 Å². The van der Waals surface area contributed by atoms with Gasteiger partial charge in [0.1, 0.15) is 0 Å². The maximum absolute atomic E-state index is 6.07. The molecule has 0 saturated heterocycles. The fourth-order valence-corrected chi connectivity index (χ4v) is 2.25. The van der Waals surface area contributed by atoms with Gasteiger partial charge in [-0.05, 0) is 28.0 Å². The number of rotatable bonds is 5. The Morgan fingerprint density at radius 1 is 1.19 bits per heavy atom. The molecule has 2 aromatic rings. The van der Waals surface area contributed by atoms with Gasteiger partial charge < -0.3 is 11.1 Å². The molecule has 2 rings (SSSR count). The quantitative estimate of drug-likeness (QED) is 0.831. The van der Waals surface area contributed by atoms with Crippen LogP contribution in [0.1, 0.15) is 17.2 Å². The van der Waals surface area contributed by atoms with Crippen LogP contribution in [-0.4, -0.2) is 6.54 Å². The van der Waals surface area contributed by atoms with Crippen LogP contribution >= 0.6 is 11.3 Å². The van der Waals surface area contributed by atoms with Gasteiger partial charge in [-0.15, -0.1) is 0 Å². The lowest BCUT2D eigenvalue weighted by molar-refractivity contribution is 0.599. The highest BCUT2D eigenvalue weighted by molar-refractivity contribution is 7.07. The predicted molar refractivity (Wildman–Crippen MR) is 69.4 cm³/mol. The third-order valence-corrected chi connectivity index (χ3v) is 3.23. The molecule has 1 aromatic carbocycles. The second-order valence-corrected chi connectivity index (χ2v) is 4.56. The van der Waals surface area contributed by atoms with Gasteiger partial charge in [-0.3, -0.25) is 0 Å². The summed E-state index contributed by atoms with van der Waals surface area (Å²) in [6.45, 7) is 1.70. The summed E-state index contributed by atoms with van der Waals surface area (Å²) in [5.74, 6) is 0. The van der Waals surface area contributed by atoms with Gasteiger partial charge in [0.25, 0.3) is 0 Å². The highest BCUT2D eigenvalue weighted by Gasteiger charge is 2.04. The molecule has 1 atom stereocenters. The van der Waals surface area contributed by atoms with Crippen LogP contribution in [0.15, 0.2) is 47.2 Å². The predicted octanol–water partition coefficient (Wildman–Crippen LogP) is 2.54. The first-order chi connectivity index (χ1) is 7.86. The fraction of sp³-hybridized carbons (Fsp3) is 0.231. The van der Waals surface area contributed by atoms with E-state index in [1.807, 2.05) is 18.2 Å². The Morgan fingerprint density at radius 2 is 2.00 bits per heavy atom. The first-order valence-corrected chi connectivity index (χ1v) is 6.33. The molecule has 1 heterocycles. The maximum atomic E-state index is 6.07. The topological polar surface area (TPSA) is 38.0 Å². The van der Waals surface area contributed by atoms with Gasteiger partial charge in [-0.2, -0.15) is 11.3 Å². The lowest BCUT2D eigenvalue weighted by Crippen LogP contribution is -2.26. The van der Waals surface area contributed by atoms with Crippen LogP contribution in [-0.2, 0) is 6.54 Å². The molecule has 2 nitrogen and oxygen atoms in total. The van der Waals surface area contributed by atoms with E-state index in [0.717, 1.165) is 13.1 Å². The Bertz CT molecular complexity index is 397. The summed E-state index contributed by atoms with van der Waals surface area (Å²) in [6, 6.07) is 12.4. The minimum absolute atomic E-state index is 0.0693. The normalized spacial score (nSPS) is 12.6. The van der Waals surface area contributed by atoms with E-state index < -0.39 is 0 Å². The molecule has 3 heteroatoms. The summed E-state index contributed by atoms with van der Waals surface area (Å²) < 4.78 is 0. The van der Waals surface area contributed by atoms with E-state index in [2.05, 4.69) is 34.3 Å². The van der Waals surface area contributed by atoms with Gasteiger partial charge in [0.2, 0.25) is 0 Å². The third kappa shape index (κ3) is 3.17. The van der Waals surface area contributed by atoms with E-state index in [9.17, 15) is 0 Å². The van der Waals surface area contributed by atoms with Gasteiger partial charge in [-0.25, -0.2) is 0 Å². The smallest absolute Gasteiger partial charge is 0.0421 e. The average Bonchev–Trinajstić information content (AvgIpc) is 2.83. The number of hydrogen-bond acceptors (Lipinski definition) is 3. The molecule has 0 amide bonds. The molecule has 0 aliphatic heterocycles. The first kappa shape index (κ1) is 11.3. The van der Waals surface area contributed by atoms with E-state index in [4.69, 9.17) is 5.73 Å². The fourth-order valence-electron chi connectivity index (χ4n) is 1.58. The molecule has 0 spiro atoms. The van der Waals surface area contributed by atoms with E-state index in [1.165, 1.54) is 11.1 Å². The maximum Gasteiger partial charge on any atom is 0.0421 e. The summed E-state index contributed by atoms with van der Waals surface area (Å²) in [5.41, 5.74) is 8.58. The second-order valence-electron chi connectivity index (χ2n) is 3.78. The third-order valence-electron chi connectivity index (χ3n) is 2.50. The largest absolute Gasteiger partial charge is 0.323 e. The molecule has 1 aromatic heterocycles. The summed E-state index contributed by atoms with van der Waals surface area (Å²) in [4.78, 5) is 0. The summed E-state index contributed by atoms with van der Waals surface area (Å²) >= 11 is 1.72. The van der Waals surface area contributed by atoms with Crippen molar-refractivity contribution in [1.82, 2.24) is 5.32 Å². The molecule has 0 aliphatic carbocycles. The lowest BCUT2D eigenvalue weighted by Gasteiger charge is -2.12. The zero-order chi connectivity index (χ0) is 11.2. The highest BCUT2D eigenvalue weighted by Crippen LogP contribution is 2.09. The zero-order valence-electron chi connectivity index (χ0n) is 9.10. The zero-order valence-corrected chi connectivity index (χ0v) is 9.91. The summed E-state index contributed by atoms with van der Waals surface area (Å²) in [6.07, 6.45) is 0. The lowest BCUT2D eigenvalue weighted by atomic mass is 10.1. The van der Waals surface area contributed by atoms with Crippen LogP contribution in [0, 0.1) is 0 Å². The van der Waals surface area contributed by atoms with Crippen molar-refractivity contribution in [1.29, 1.82) is 0 Å². The molecule has 1 unspecified atom stereocenters.